The highest BCUT2D eigenvalue weighted by Gasteiger charge is 2.14. The summed E-state index contributed by atoms with van der Waals surface area (Å²) in [6.07, 6.45) is 6.33. The Labute approximate surface area is 72.7 Å². The second kappa shape index (κ2) is 3.90. The van der Waals surface area contributed by atoms with Crippen molar-refractivity contribution in [2.75, 3.05) is 6.54 Å². The van der Waals surface area contributed by atoms with E-state index in [0.29, 0.717) is 0 Å². The molecule has 0 bridgehead atoms. The Hall–Kier alpha value is -1.31. The molecule has 0 unspecified atom stereocenters. The van der Waals surface area contributed by atoms with E-state index in [2.05, 4.69) is 11.9 Å². The van der Waals surface area contributed by atoms with Crippen LogP contribution in [0.1, 0.15) is 13.3 Å². The van der Waals surface area contributed by atoms with Gasteiger partial charge in [-0.05, 0) is 18.9 Å². The minimum absolute atomic E-state index is 0.00856. The molecule has 1 N–H and O–H groups in total. The van der Waals surface area contributed by atoms with Gasteiger partial charge < -0.3 is 5.32 Å². The minimum Gasteiger partial charge on any atom is -0.352 e. The van der Waals surface area contributed by atoms with Gasteiger partial charge in [0.05, 0.1) is 0 Å². The molecule has 0 fully saturated rings. The van der Waals surface area contributed by atoms with Crippen LogP contribution in [-0.2, 0) is 4.79 Å². The maximum Gasteiger partial charge on any atom is 0.251 e. The van der Waals surface area contributed by atoms with Crippen LogP contribution in [0, 0.1) is 0 Å². The van der Waals surface area contributed by atoms with Crippen LogP contribution in [0.25, 0.3) is 0 Å². The predicted molar refractivity (Wildman–Crippen MR) is 49.7 cm³/mol. The van der Waals surface area contributed by atoms with E-state index in [1.807, 2.05) is 19.1 Å². The number of carbonyl (C=O) groups excluding carboxylic acids is 1. The number of nitrogens with one attached hydrogen (secondary N) is 1. The highest BCUT2D eigenvalue weighted by atomic mass is 16.1. The zero-order valence-corrected chi connectivity index (χ0v) is 7.26. The Kier molecular flexibility index (Phi) is 2.86. The molecule has 2 nitrogen and oxygen atoms in total. The average Bonchev–Trinajstić information content (AvgIpc) is 2.09. The number of hydrogen-bond acceptors (Lipinski definition) is 1. The van der Waals surface area contributed by atoms with E-state index in [0.717, 1.165) is 24.1 Å². The normalized spacial score (nSPS) is 18.2. The number of hydrogen-bond donors (Lipinski definition) is 1. The van der Waals surface area contributed by atoms with Gasteiger partial charge in [0.1, 0.15) is 0 Å². The van der Waals surface area contributed by atoms with Crippen LogP contribution in [0.4, 0.5) is 0 Å². The van der Waals surface area contributed by atoms with Gasteiger partial charge in [-0.25, -0.2) is 0 Å². The first-order valence-corrected chi connectivity index (χ1v) is 4.06. The van der Waals surface area contributed by atoms with Crippen LogP contribution in [0.15, 0.2) is 36.0 Å². The standard InChI is InChI=1S/C10H13NO/c1-3-5-9-8(4-2)6-7-11-10(9)12/h3-5H,2,6-7H2,1H3,(H,11,12)/b5-3-. The summed E-state index contributed by atoms with van der Waals surface area (Å²) in [5, 5.41) is 2.79. The van der Waals surface area contributed by atoms with Gasteiger partial charge in [-0.15, -0.1) is 0 Å². The van der Waals surface area contributed by atoms with Crippen LogP contribution in [0.3, 0.4) is 0 Å². The van der Waals surface area contributed by atoms with Gasteiger partial charge >= 0.3 is 0 Å². The summed E-state index contributed by atoms with van der Waals surface area (Å²) in [5.41, 5.74) is 1.79. The number of allylic oxidation sites excluding steroid dienone is 2. The Morgan fingerprint density at radius 1 is 1.58 bits per heavy atom. The molecule has 1 aliphatic rings. The molecular weight excluding hydrogens is 150 g/mol. The van der Waals surface area contributed by atoms with Crippen LogP contribution >= 0.6 is 0 Å². The van der Waals surface area contributed by atoms with Gasteiger partial charge in [-0.1, -0.05) is 24.8 Å². The van der Waals surface area contributed by atoms with Crippen LogP contribution in [-0.4, -0.2) is 12.5 Å². The number of amides is 1. The van der Waals surface area contributed by atoms with Crippen molar-refractivity contribution in [1.29, 1.82) is 0 Å². The van der Waals surface area contributed by atoms with E-state index < -0.39 is 0 Å². The lowest BCUT2D eigenvalue weighted by Crippen LogP contribution is -2.30. The van der Waals surface area contributed by atoms with Crippen molar-refractivity contribution in [2.24, 2.45) is 0 Å². The molecule has 0 saturated carbocycles. The Balaban J connectivity index is 3.03. The van der Waals surface area contributed by atoms with E-state index in [1.165, 1.54) is 0 Å². The molecule has 1 rings (SSSR count). The Morgan fingerprint density at radius 3 is 2.92 bits per heavy atom. The SMILES string of the molecule is C=CC1=C(/C=C\C)C(=O)NCC1. The van der Waals surface area contributed by atoms with Gasteiger partial charge in [-0.3, -0.25) is 4.79 Å². The fourth-order valence-corrected chi connectivity index (χ4v) is 1.25. The molecule has 0 aromatic heterocycles. The van der Waals surface area contributed by atoms with Crippen molar-refractivity contribution in [3.05, 3.63) is 36.0 Å². The summed E-state index contributed by atoms with van der Waals surface area (Å²) >= 11 is 0. The lowest BCUT2D eigenvalue weighted by atomic mass is 10.0. The first-order valence-electron chi connectivity index (χ1n) is 4.06. The first-order chi connectivity index (χ1) is 5.79. The summed E-state index contributed by atoms with van der Waals surface area (Å²) in [4.78, 5) is 11.3. The molecule has 0 atom stereocenters. The first kappa shape index (κ1) is 8.78. The third-order valence-electron chi connectivity index (χ3n) is 1.85. The third-order valence-corrected chi connectivity index (χ3v) is 1.85. The van der Waals surface area contributed by atoms with Crippen molar-refractivity contribution in [3.8, 4) is 0 Å². The fourth-order valence-electron chi connectivity index (χ4n) is 1.25. The molecule has 1 heterocycles. The van der Waals surface area contributed by atoms with Crippen molar-refractivity contribution in [1.82, 2.24) is 5.32 Å². The predicted octanol–water partition coefficient (Wildman–Crippen LogP) is 1.56. The van der Waals surface area contributed by atoms with Gasteiger partial charge in [0.2, 0.25) is 0 Å². The van der Waals surface area contributed by atoms with E-state index in [9.17, 15) is 4.79 Å². The molecule has 2 heteroatoms. The Bertz CT molecular complexity index is 261. The average molecular weight is 163 g/mol. The molecule has 64 valence electrons. The zero-order chi connectivity index (χ0) is 8.97. The largest absolute Gasteiger partial charge is 0.352 e. The number of carbonyl (C=O) groups is 1. The van der Waals surface area contributed by atoms with Crippen molar-refractivity contribution in [2.45, 2.75) is 13.3 Å². The van der Waals surface area contributed by atoms with Crippen LogP contribution in [0.5, 0.6) is 0 Å². The van der Waals surface area contributed by atoms with Crippen molar-refractivity contribution < 1.29 is 4.79 Å². The lowest BCUT2D eigenvalue weighted by molar-refractivity contribution is -0.117. The summed E-state index contributed by atoms with van der Waals surface area (Å²) in [7, 11) is 0. The second-order valence-corrected chi connectivity index (χ2v) is 2.65. The molecule has 1 aliphatic heterocycles. The van der Waals surface area contributed by atoms with Gasteiger partial charge in [0, 0.05) is 12.1 Å². The van der Waals surface area contributed by atoms with Crippen LogP contribution < -0.4 is 5.32 Å². The molecule has 0 aliphatic carbocycles. The second-order valence-electron chi connectivity index (χ2n) is 2.65. The van der Waals surface area contributed by atoms with E-state index in [1.54, 1.807) is 6.08 Å². The van der Waals surface area contributed by atoms with E-state index >= 15 is 0 Å². The number of rotatable bonds is 2. The smallest absolute Gasteiger partial charge is 0.251 e. The molecule has 0 aromatic carbocycles. The maximum absolute atomic E-state index is 11.3. The minimum atomic E-state index is 0.00856. The topological polar surface area (TPSA) is 29.1 Å². The molecule has 1 amide bonds. The molecule has 0 aromatic rings. The van der Waals surface area contributed by atoms with E-state index in [-0.39, 0.29) is 5.91 Å². The zero-order valence-electron chi connectivity index (χ0n) is 7.26. The molecular formula is C10H13NO. The fraction of sp³-hybridized carbons (Fsp3) is 0.300. The third kappa shape index (κ3) is 1.64. The summed E-state index contributed by atoms with van der Waals surface area (Å²) < 4.78 is 0. The summed E-state index contributed by atoms with van der Waals surface area (Å²) in [5.74, 6) is 0.00856. The monoisotopic (exact) mass is 163 g/mol. The molecule has 12 heavy (non-hydrogen) atoms. The quantitative estimate of drug-likeness (QED) is 0.657. The molecule has 0 spiro atoms. The van der Waals surface area contributed by atoms with Gasteiger partial charge in [-0.2, -0.15) is 0 Å². The highest BCUT2D eigenvalue weighted by molar-refractivity contribution is 5.98. The van der Waals surface area contributed by atoms with Crippen LogP contribution in [0.2, 0.25) is 0 Å². The molecule has 0 saturated heterocycles. The van der Waals surface area contributed by atoms with Crippen molar-refractivity contribution >= 4 is 5.91 Å². The van der Waals surface area contributed by atoms with Gasteiger partial charge in [0.15, 0.2) is 0 Å². The molecule has 0 radical (unpaired) electrons. The highest BCUT2D eigenvalue weighted by Crippen LogP contribution is 2.15. The Morgan fingerprint density at radius 2 is 2.33 bits per heavy atom. The van der Waals surface area contributed by atoms with Gasteiger partial charge in [0.25, 0.3) is 5.91 Å². The summed E-state index contributed by atoms with van der Waals surface area (Å²) in [6.45, 7) is 6.30. The van der Waals surface area contributed by atoms with Crippen molar-refractivity contribution in [3.63, 3.8) is 0 Å². The lowest BCUT2D eigenvalue weighted by Gasteiger charge is -2.15. The maximum atomic E-state index is 11.3. The van der Waals surface area contributed by atoms with E-state index in [4.69, 9.17) is 0 Å². The summed E-state index contributed by atoms with van der Waals surface area (Å²) in [6, 6.07) is 0.